The van der Waals surface area contributed by atoms with Crippen molar-refractivity contribution >= 4 is 0 Å². The summed E-state index contributed by atoms with van der Waals surface area (Å²) in [5.74, 6) is 0.312. The molecule has 0 aromatic carbocycles. The van der Waals surface area contributed by atoms with Crippen molar-refractivity contribution in [1.82, 2.24) is 27.0 Å². The molecular formula is C4H8N6O4. The van der Waals surface area contributed by atoms with E-state index >= 15 is 0 Å². The van der Waals surface area contributed by atoms with Gasteiger partial charge in [0.05, 0.1) is 0 Å². The number of hydrazine groups is 3. The van der Waals surface area contributed by atoms with Crippen LogP contribution in [0.2, 0.25) is 0 Å². The van der Waals surface area contributed by atoms with Gasteiger partial charge in [-0.15, -0.1) is 0 Å². The summed E-state index contributed by atoms with van der Waals surface area (Å²) in [5, 5.41) is 25.7. The van der Waals surface area contributed by atoms with Gasteiger partial charge in [0.25, 0.3) is 0 Å². The van der Waals surface area contributed by atoms with E-state index in [1.165, 1.54) is 12.2 Å². The van der Waals surface area contributed by atoms with Gasteiger partial charge in [0.15, 0.2) is 10.9 Å². The molecule has 0 bridgehead atoms. The fourth-order valence-corrected chi connectivity index (χ4v) is 0.721. The lowest BCUT2D eigenvalue weighted by Crippen LogP contribution is -2.46. The van der Waals surface area contributed by atoms with Crippen LogP contribution in [0, 0.1) is 10.1 Å². The van der Waals surface area contributed by atoms with Gasteiger partial charge in [0, 0.05) is 5.34 Å². The molecule has 1 aliphatic rings. The Balaban J connectivity index is 2.50. The second kappa shape index (κ2) is 4.27. The maximum atomic E-state index is 9.99. The van der Waals surface area contributed by atoms with Crippen molar-refractivity contribution in [2.24, 2.45) is 0 Å². The topological polar surface area (TPSA) is 135 Å². The Morgan fingerprint density at radius 3 is 2.36 bits per heavy atom. The highest BCUT2D eigenvalue weighted by atomic mass is 16.8. The van der Waals surface area contributed by atoms with Crippen molar-refractivity contribution in [2.45, 2.75) is 0 Å². The lowest BCUT2D eigenvalue weighted by atomic mass is 10.4. The van der Waals surface area contributed by atoms with Crippen LogP contribution < -0.4 is 21.7 Å². The molecule has 0 aromatic heterocycles. The molecular weight excluding hydrogens is 196 g/mol. The molecule has 78 valence electrons. The first kappa shape index (κ1) is 10.0. The molecule has 10 heteroatoms. The quantitative estimate of drug-likeness (QED) is 0.230. The van der Waals surface area contributed by atoms with Crippen LogP contribution in [0.5, 0.6) is 0 Å². The molecule has 0 saturated heterocycles. The van der Waals surface area contributed by atoms with E-state index in [1.54, 1.807) is 0 Å². The summed E-state index contributed by atoms with van der Waals surface area (Å²) in [7, 11) is 0. The van der Waals surface area contributed by atoms with Crippen LogP contribution in [-0.4, -0.2) is 20.8 Å². The molecule has 1 heterocycles. The molecule has 1 rings (SSSR count). The molecule has 1 aliphatic heterocycles. The Morgan fingerprint density at radius 1 is 1.36 bits per heavy atom. The normalized spacial score (nSPS) is 14.8. The van der Waals surface area contributed by atoms with Crippen LogP contribution in [0.4, 0.5) is 0 Å². The van der Waals surface area contributed by atoms with E-state index in [0.29, 0.717) is 0 Å². The van der Waals surface area contributed by atoms with Gasteiger partial charge in [-0.3, -0.25) is 26.7 Å². The van der Waals surface area contributed by atoms with Gasteiger partial charge in [-0.1, -0.05) is 5.43 Å². The van der Waals surface area contributed by atoms with E-state index in [9.17, 15) is 10.1 Å². The van der Waals surface area contributed by atoms with Gasteiger partial charge in [0.2, 0.25) is 0 Å². The van der Waals surface area contributed by atoms with E-state index < -0.39 is 5.03 Å². The SMILES string of the molecule is O=[N+]([O-])NC1=CC=C(NN(O)O)NN1. The average molecular weight is 204 g/mol. The zero-order chi connectivity index (χ0) is 10.6. The number of rotatable bonds is 4. The molecule has 0 saturated carbocycles. The summed E-state index contributed by atoms with van der Waals surface area (Å²) in [6.07, 6.45) is 2.67. The van der Waals surface area contributed by atoms with Crippen LogP contribution in [0.15, 0.2) is 23.8 Å². The minimum absolute atomic E-state index is 0.114. The fourth-order valence-electron chi connectivity index (χ4n) is 0.721. The van der Waals surface area contributed by atoms with Crippen LogP contribution >= 0.6 is 0 Å². The number of nitro groups is 1. The molecule has 0 fully saturated rings. The Hall–Kier alpha value is -2.04. The Kier molecular flexibility index (Phi) is 3.06. The van der Waals surface area contributed by atoms with Crippen molar-refractivity contribution in [2.75, 3.05) is 0 Å². The van der Waals surface area contributed by atoms with Crippen molar-refractivity contribution < 1.29 is 15.4 Å². The third-order valence-corrected chi connectivity index (χ3v) is 1.18. The van der Waals surface area contributed by atoms with Crippen LogP contribution in [0.25, 0.3) is 0 Å². The van der Waals surface area contributed by atoms with Crippen molar-refractivity contribution in [3.8, 4) is 0 Å². The predicted octanol–water partition coefficient (Wildman–Crippen LogP) is -1.86. The molecule has 0 amide bonds. The van der Waals surface area contributed by atoms with Gasteiger partial charge in [-0.2, -0.15) is 0 Å². The first-order valence-corrected chi connectivity index (χ1v) is 3.37. The monoisotopic (exact) mass is 204 g/mol. The second-order valence-electron chi connectivity index (χ2n) is 2.18. The number of allylic oxidation sites excluding steroid dienone is 2. The predicted molar refractivity (Wildman–Crippen MR) is 41.1 cm³/mol. The molecule has 14 heavy (non-hydrogen) atoms. The first-order chi connectivity index (χ1) is 6.58. The van der Waals surface area contributed by atoms with E-state index in [2.05, 4.69) is 10.9 Å². The average Bonchev–Trinajstić information content (AvgIpc) is 2.06. The number of nitrogens with zero attached hydrogens (tertiary/aromatic N) is 2. The summed E-state index contributed by atoms with van der Waals surface area (Å²) < 4.78 is 0. The second-order valence-corrected chi connectivity index (χ2v) is 2.18. The van der Waals surface area contributed by atoms with Crippen molar-refractivity contribution in [3.05, 3.63) is 33.9 Å². The van der Waals surface area contributed by atoms with Crippen molar-refractivity contribution in [1.29, 1.82) is 0 Å². The number of hydrogen-bond donors (Lipinski definition) is 6. The summed E-state index contributed by atoms with van der Waals surface area (Å²) in [4.78, 5) is 9.99. The standard InChI is InChI=1S/C4H8N6O4/c11-9(12)7-3-1-2-4(6-5-3)8-10(13)14/h1-2,5-8,11-12H. The molecule has 10 nitrogen and oxygen atoms in total. The lowest BCUT2D eigenvalue weighted by Gasteiger charge is -2.19. The molecule has 0 aromatic rings. The lowest BCUT2D eigenvalue weighted by molar-refractivity contribution is -0.536. The third-order valence-electron chi connectivity index (χ3n) is 1.18. The molecule has 0 spiro atoms. The number of hydrogen-bond acceptors (Lipinski definition) is 8. The maximum absolute atomic E-state index is 9.99. The highest BCUT2D eigenvalue weighted by Crippen LogP contribution is 1.94. The van der Waals surface area contributed by atoms with E-state index in [-0.39, 0.29) is 17.0 Å². The zero-order valence-corrected chi connectivity index (χ0v) is 6.76. The largest absolute Gasteiger partial charge is 0.283 e. The minimum Gasteiger partial charge on any atom is -0.283 e. The van der Waals surface area contributed by atoms with Crippen LogP contribution in [0.1, 0.15) is 0 Å². The summed E-state index contributed by atoms with van der Waals surface area (Å²) >= 11 is 0. The van der Waals surface area contributed by atoms with Crippen molar-refractivity contribution in [3.63, 3.8) is 0 Å². The maximum Gasteiger partial charge on any atom is 0.183 e. The van der Waals surface area contributed by atoms with Gasteiger partial charge >= 0.3 is 0 Å². The minimum atomic E-state index is -0.739. The van der Waals surface area contributed by atoms with Crippen LogP contribution in [-0.2, 0) is 0 Å². The molecule has 6 N–H and O–H groups in total. The van der Waals surface area contributed by atoms with Gasteiger partial charge in [0.1, 0.15) is 5.82 Å². The summed E-state index contributed by atoms with van der Waals surface area (Å²) in [5.41, 5.74) is 8.69. The van der Waals surface area contributed by atoms with E-state index in [1.807, 2.05) is 10.9 Å². The Morgan fingerprint density at radius 2 is 1.93 bits per heavy atom. The molecule has 0 atom stereocenters. The Bertz CT molecular complexity index is 286. The third kappa shape index (κ3) is 3.14. The molecule has 0 aliphatic carbocycles. The highest BCUT2D eigenvalue weighted by molar-refractivity contribution is 5.17. The first-order valence-electron chi connectivity index (χ1n) is 3.37. The number of nitrogens with one attached hydrogen (secondary N) is 4. The van der Waals surface area contributed by atoms with Gasteiger partial charge < -0.3 is 0 Å². The summed E-state index contributed by atoms with van der Waals surface area (Å²) in [6, 6.07) is 0. The summed E-state index contributed by atoms with van der Waals surface area (Å²) in [6.45, 7) is 0. The van der Waals surface area contributed by atoms with E-state index in [0.717, 1.165) is 0 Å². The smallest absolute Gasteiger partial charge is 0.183 e. The zero-order valence-electron chi connectivity index (χ0n) is 6.76. The molecule has 0 unspecified atom stereocenters. The Labute approximate surface area is 77.5 Å². The fraction of sp³-hybridized carbons (Fsp3) is 0. The van der Waals surface area contributed by atoms with Gasteiger partial charge in [-0.25, -0.2) is 10.1 Å². The van der Waals surface area contributed by atoms with E-state index in [4.69, 9.17) is 10.4 Å². The van der Waals surface area contributed by atoms with Crippen LogP contribution in [0.3, 0.4) is 0 Å². The molecule has 0 radical (unpaired) electrons. The highest BCUT2D eigenvalue weighted by Gasteiger charge is 2.08. The van der Waals surface area contributed by atoms with Gasteiger partial charge in [-0.05, 0) is 12.2 Å².